The number of aldehydes is 1. The van der Waals surface area contributed by atoms with Gasteiger partial charge in [0.25, 0.3) is 0 Å². The third-order valence-corrected chi connectivity index (χ3v) is 4.16. The van der Waals surface area contributed by atoms with Gasteiger partial charge >= 0.3 is 0 Å². The van der Waals surface area contributed by atoms with Gasteiger partial charge in [0.2, 0.25) is 0 Å². The zero-order valence-electron chi connectivity index (χ0n) is 22.2. The molecule has 2 heterocycles. The Morgan fingerprint density at radius 1 is 0.886 bits per heavy atom. The van der Waals surface area contributed by atoms with Crippen molar-refractivity contribution in [2.45, 2.75) is 41.2 Å². The van der Waals surface area contributed by atoms with Crippen LogP contribution >= 0.6 is 0 Å². The molecule has 3 aromatic rings. The van der Waals surface area contributed by atoms with Crippen molar-refractivity contribution in [1.29, 1.82) is 0 Å². The van der Waals surface area contributed by atoms with Crippen LogP contribution in [0.3, 0.4) is 0 Å². The fraction of sp³-hybridized carbons (Fsp3) is 0.233. The van der Waals surface area contributed by atoms with Crippen LogP contribution in [0, 0.1) is 0 Å². The summed E-state index contributed by atoms with van der Waals surface area (Å²) < 4.78 is 1.62. The number of hydrogen-bond acceptors (Lipinski definition) is 4. The molecule has 0 amide bonds. The van der Waals surface area contributed by atoms with E-state index in [4.69, 9.17) is 0 Å². The molecule has 0 aliphatic rings. The van der Waals surface area contributed by atoms with E-state index in [-0.39, 0.29) is 6.54 Å². The van der Waals surface area contributed by atoms with Crippen LogP contribution in [-0.4, -0.2) is 28.1 Å². The van der Waals surface area contributed by atoms with E-state index in [1.165, 1.54) is 7.05 Å². The number of nitrogens with zero attached hydrogens (tertiary/aromatic N) is 3. The minimum Gasteiger partial charge on any atom is -0.333 e. The Bertz CT molecular complexity index is 1010. The number of nitrogens with two attached hydrogens (primary N) is 1. The summed E-state index contributed by atoms with van der Waals surface area (Å²) in [4.78, 5) is 14.9. The predicted octanol–water partition coefficient (Wildman–Crippen LogP) is 7.47. The van der Waals surface area contributed by atoms with Crippen molar-refractivity contribution >= 4 is 18.4 Å². The van der Waals surface area contributed by atoms with Crippen molar-refractivity contribution in [2.75, 3.05) is 7.05 Å². The molecule has 0 atom stereocenters. The van der Waals surface area contributed by atoms with Crippen molar-refractivity contribution in [3.05, 3.63) is 98.1 Å². The summed E-state index contributed by atoms with van der Waals surface area (Å²) in [5.74, 6) is 0. The van der Waals surface area contributed by atoms with Gasteiger partial charge in [-0.3, -0.25) is 9.67 Å². The molecule has 0 spiro atoms. The van der Waals surface area contributed by atoms with Gasteiger partial charge in [0.05, 0.1) is 12.7 Å². The van der Waals surface area contributed by atoms with Crippen molar-refractivity contribution in [1.82, 2.24) is 14.8 Å². The van der Waals surface area contributed by atoms with E-state index in [1.807, 2.05) is 65.4 Å². The van der Waals surface area contributed by atoms with Crippen LogP contribution in [-0.2, 0) is 11.3 Å². The van der Waals surface area contributed by atoms with Crippen LogP contribution in [0.2, 0.25) is 0 Å². The molecule has 5 heteroatoms. The largest absolute Gasteiger partial charge is 0.333 e. The molecule has 0 bridgehead atoms. The third kappa shape index (κ3) is 11.2. The Labute approximate surface area is 212 Å². The van der Waals surface area contributed by atoms with Crippen molar-refractivity contribution < 1.29 is 4.79 Å². The fourth-order valence-electron chi connectivity index (χ4n) is 2.76. The van der Waals surface area contributed by atoms with Gasteiger partial charge in [0, 0.05) is 35.3 Å². The topological polar surface area (TPSA) is 73.8 Å². The molecular weight excluding hydrogens is 432 g/mol. The number of allylic oxidation sites excluding steroid dienone is 3. The van der Waals surface area contributed by atoms with Gasteiger partial charge in [0.15, 0.2) is 0 Å². The third-order valence-electron chi connectivity index (χ3n) is 4.16. The molecule has 3 rings (SSSR count). The first-order valence-corrected chi connectivity index (χ1v) is 11.8. The van der Waals surface area contributed by atoms with E-state index < -0.39 is 0 Å². The summed E-state index contributed by atoms with van der Waals surface area (Å²) in [6.07, 6.45) is 17.4. The molecular formula is C30H42N4O. The van der Waals surface area contributed by atoms with Crippen LogP contribution in [0.5, 0.6) is 0 Å². The highest BCUT2D eigenvalue weighted by Gasteiger charge is 2.08. The van der Waals surface area contributed by atoms with E-state index >= 15 is 0 Å². The summed E-state index contributed by atoms with van der Waals surface area (Å²) in [5, 5.41) is 4.18. The van der Waals surface area contributed by atoms with E-state index in [0.717, 1.165) is 39.7 Å². The number of hydrogen-bond donors (Lipinski definition) is 1. The number of carbonyl (C=O) groups excluding carboxylic acids is 1. The maximum atomic E-state index is 10.6. The second kappa shape index (κ2) is 22.0. The van der Waals surface area contributed by atoms with E-state index in [2.05, 4.69) is 65.9 Å². The first-order valence-electron chi connectivity index (χ1n) is 11.8. The summed E-state index contributed by atoms with van der Waals surface area (Å²) in [6.45, 7) is 20.9. The smallest absolute Gasteiger partial charge is 0.141 e. The highest BCUT2D eigenvalue weighted by molar-refractivity contribution is 5.81. The number of pyridine rings is 1. The van der Waals surface area contributed by atoms with E-state index in [0.29, 0.717) is 0 Å². The second-order valence-electron chi connectivity index (χ2n) is 6.06. The molecule has 1 aromatic carbocycles. The monoisotopic (exact) mass is 474 g/mol. The Balaban J connectivity index is 0. The Hall–Kier alpha value is -3.83. The molecule has 0 unspecified atom stereocenters. The molecule has 35 heavy (non-hydrogen) atoms. The molecule has 0 fully saturated rings. The molecule has 188 valence electrons. The quantitative estimate of drug-likeness (QED) is 0.285. The van der Waals surface area contributed by atoms with Crippen LogP contribution < -0.4 is 5.73 Å². The number of benzene rings is 1. The van der Waals surface area contributed by atoms with Crippen LogP contribution in [0.4, 0.5) is 0 Å². The molecule has 0 radical (unpaired) electrons. The lowest BCUT2D eigenvalue weighted by Gasteiger charge is -2.10. The van der Waals surface area contributed by atoms with Gasteiger partial charge in [-0.2, -0.15) is 5.10 Å². The SMILES string of the molecule is C=CC=C.C=Cc1cncc(-c2ccc(-c3cnn(CC=O)c3)cc2)c1/C=C\C.CC.CC.CN. The Morgan fingerprint density at radius 3 is 1.94 bits per heavy atom. The molecule has 0 aliphatic carbocycles. The van der Waals surface area contributed by atoms with E-state index in [1.54, 1.807) is 23.0 Å². The predicted molar refractivity (Wildman–Crippen MR) is 155 cm³/mol. The van der Waals surface area contributed by atoms with Gasteiger partial charge in [0.1, 0.15) is 6.29 Å². The number of rotatable bonds is 7. The summed E-state index contributed by atoms with van der Waals surface area (Å²) in [5.41, 5.74) is 10.8. The van der Waals surface area contributed by atoms with Gasteiger partial charge < -0.3 is 10.5 Å². The summed E-state index contributed by atoms with van der Waals surface area (Å²) >= 11 is 0. The molecule has 2 N–H and O–H groups in total. The minimum atomic E-state index is 0.269. The standard InChI is InChI=1S/C21H19N3O.C4H6.2C2H6.CH5N/c1-3-5-20-16(4-2)12-22-14-21(20)18-8-6-17(7-9-18)19-13-23-24(15-19)10-11-25;1-3-4-2;3*1-2/h3-9,11-15H,2,10H2,1H3;3-4H,1-2H2;2*1-2H3;2H2,1H3/b5-3-;;;;. The maximum absolute atomic E-state index is 10.6. The summed E-state index contributed by atoms with van der Waals surface area (Å²) in [7, 11) is 1.50. The Kier molecular flexibility index (Phi) is 20.9. The summed E-state index contributed by atoms with van der Waals surface area (Å²) in [6, 6.07) is 8.25. The molecule has 2 aromatic heterocycles. The second-order valence-corrected chi connectivity index (χ2v) is 6.06. The first kappa shape index (κ1) is 33.3. The Morgan fingerprint density at radius 2 is 1.46 bits per heavy atom. The zero-order valence-corrected chi connectivity index (χ0v) is 22.2. The first-order chi connectivity index (χ1) is 17.2. The molecule has 0 aliphatic heterocycles. The lowest BCUT2D eigenvalue weighted by molar-refractivity contribution is -0.108. The normalized spacial score (nSPS) is 8.89. The lowest BCUT2D eigenvalue weighted by Crippen LogP contribution is -1.97. The fourth-order valence-corrected chi connectivity index (χ4v) is 2.76. The van der Waals surface area contributed by atoms with Gasteiger partial charge in [-0.1, -0.05) is 102 Å². The zero-order chi connectivity index (χ0) is 27.1. The maximum Gasteiger partial charge on any atom is 0.141 e. The van der Waals surface area contributed by atoms with Crippen molar-refractivity contribution in [3.8, 4) is 22.3 Å². The van der Waals surface area contributed by atoms with Crippen molar-refractivity contribution in [3.63, 3.8) is 0 Å². The van der Waals surface area contributed by atoms with E-state index in [9.17, 15) is 4.79 Å². The van der Waals surface area contributed by atoms with Gasteiger partial charge in [-0.25, -0.2) is 0 Å². The molecule has 0 saturated heterocycles. The highest BCUT2D eigenvalue weighted by atomic mass is 16.1. The van der Waals surface area contributed by atoms with Crippen LogP contribution in [0.1, 0.15) is 45.7 Å². The van der Waals surface area contributed by atoms with Crippen LogP contribution in [0.25, 0.3) is 34.4 Å². The number of aromatic nitrogens is 3. The van der Waals surface area contributed by atoms with Crippen molar-refractivity contribution in [2.24, 2.45) is 5.73 Å². The molecule has 0 saturated carbocycles. The number of carbonyl (C=O) groups is 1. The lowest BCUT2D eigenvalue weighted by atomic mass is 9.96. The van der Waals surface area contributed by atoms with Crippen LogP contribution in [0.15, 0.2) is 87.0 Å². The van der Waals surface area contributed by atoms with Gasteiger partial charge in [-0.15, -0.1) is 0 Å². The van der Waals surface area contributed by atoms with Gasteiger partial charge in [-0.05, 0) is 30.7 Å². The highest BCUT2D eigenvalue weighted by Crippen LogP contribution is 2.29. The molecule has 5 nitrogen and oxygen atoms in total. The average molecular weight is 475 g/mol. The average Bonchev–Trinajstić information content (AvgIpc) is 3.41. The minimum absolute atomic E-state index is 0.269.